The number of halogens is 2. The van der Waals surface area contributed by atoms with E-state index in [-0.39, 0.29) is 18.7 Å². The van der Waals surface area contributed by atoms with Crippen LogP contribution in [0.15, 0.2) is 18.2 Å². The third-order valence-corrected chi connectivity index (χ3v) is 4.81. The molecule has 0 aliphatic carbocycles. The molecule has 7 heteroatoms. The number of rotatable bonds is 4. The number of benzene rings is 1. The molecule has 1 saturated heterocycles. The van der Waals surface area contributed by atoms with E-state index in [9.17, 15) is 9.90 Å². The van der Waals surface area contributed by atoms with Gasteiger partial charge in [-0.25, -0.2) is 4.79 Å². The average molecular weight is 346 g/mol. The highest BCUT2D eigenvalue weighted by molar-refractivity contribution is 6.43. The minimum Gasteiger partial charge on any atom is -0.395 e. The number of carbonyl (C=O) groups is 1. The topological polar surface area (TPSA) is 55.8 Å². The van der Waals surface area contributed by atoms with E-state index in [1.54, 1.807) is 23.1 Å². The zero-order chi connectivity index (χ0) is 16.1. The molecule has 1 aliphatic rings. The van der Waals surface area contributed by atoms with Gasteiger partial charge in [0.25, 0.3) is 0 Å². The van der Waals surface area contributed by atoms with Crippen LogP contribution in [0.25, 0.3) is 0 Å². The van der Waals surface area contributed by atoms with Crippen LogP contribution in [-0.4, -0.2) is 59.8 Å². The number of nitrogens with one attached hydrogen (secondary N) is 1. The highest BCUT2D eigenvalue weighted by Crippen LogP contribution is 2.29. The van der Waals surface area contributed by atoms with Crippen LogP contribution in [0.5, 0.6) is 0 Å². The second-order valence-electron chi connectivity index (χ2n) is 5.30. The van der Waals surface area contributed by atoms with Crippen molar-refractivity contribution in [3.8, 4) is 0 Å². The lowest BCUT2D eigenvalue weighted by atomic mass is 10.2. The fraction of sp³-hybridized carbons (Fsp3) is 0.533. The number of hydrogen-bond acceptors (Lipinski definition) is 3. The summed E-state index contributed by atoms with van der Waals surface area (Å²) in [6, 6.07) is 5.14. The van der Waals surface area contributed by atoms with Gasteiger partial charge in [-0.05, 0) is 18.6 Å². The summed E-state index contributed by atoms with van der Waals surface area (Å²) in [5.41, 5.74) is 0.517. The van der Waals surface area contributed by atoms with Crippen LogP contribution in [0.2, 0.25) is 10.0 Å². The predicted octanol–water partition coefficient (Wildman–Crippen LogP) is 2.91. The van der Waals surface area contributed by atoms with Crippen LogP contribution in [0, 0.1) is 0 Å². The number of aliphatic hydroxyl groups is 1. The molecule has 0 bridgehead atoms. The van der Waals surface area contributed by atoms with Crippen LogP contribution in [0.3, 0.4) is 0 Å². The van der Waals surface area contributed by atoms with E-state index in [2.05, 4.69) is 17.1 Å². The Balaban J connectivity index is 1.91. The first-order valence-corrected chi connectivity index (χ1v) is 8.17. The van der Waals surface area contributed by atoms with Gasteiger partial charge in [-0.2, -0.15) is 0 Å². The van der Waals surface area contributed by atoms with Crippen molar-refractivity contribution in [3.05, 3.63) is 28.2 Å². The van der Waals surface area contributed by atoms with E-state index < -0.39 is 0 Å². The summed E-state index contributed by atoms with van der Waals surface area (Å²) >= 11 is 12.0. The largest absolute Gasteiger partial charge is 0.395 e. The van der Waals surface area contributed by atoms with Crippen LogP contribution < -0.4 is 5.32 Å². The highest BCUT2D eigenvalue weighted by atomic mass is 35.5. The molecule has 2 N–H and O–H groups in total. The fourth-order valence-corrected chi connectivity index (χ4v) is 2.94. The Morgan fingerprint density at radius 2 is 2.00 bits per heavy atom. The maximum absolute atomic E-state index is 12.3. The molecule has 1 aromatic rings. The van der Waals surface area contributed by atoms with Crippen molar-refractivity contribution in [2.75, 3.05) is 38.1 Å². The molecule has 5 nitrogen and oxygen atoms in total. The molecule has 1 heterocycles. The lowest BCUT2D eigenvalue weighted by Crippen LogP contribution is -2.53. The lowest BCUT2D eigenvalue weighted by molar-refractivity contribution is 0.0766. The smallest absolute Gasteiger partial charge is 0.321 e. The van der Waals surface area contributed by atoms with Crippen LogP contribution in [0.4, 0.5) is 10.5 Å². The normalized spacial score (nSPS) is 17.4. The Morgan fingerprint density at radius 3 is 2.59 bits per heavy atom. The molecule has 0 spiro atoms. The monoisotopic (exact) mass is 345 g/mol. The minimum absolute atomic E-state index is 0.154. The fourth-order valence-electron chi connectivity index (χ4n) is 2.59. The van der Waals surface area contributed by atoms with Gasteiger partial charge in [-0.15, -0.1) is 0 Å². The molecule has 0 aromatic heterocycles. The Hall–Kier alpha value is -1.01. The van der Waals surface area contributed by atoms with Crippen molar-refractivity contribution in [1.82, 2.24) is 9.80 Å². The van der Waals surface area contributed by atoms with Crippen molar-refractivity contribution in [3.63, 3.8) is 0 Å². The van der Waals surface area contributed by atoms with Gasteiger partial charge in [0.05, 0.1) is 22.3 Å². The van der Waals surface area contributed by atoms with Gasteiger partial charge in [-0.1, -0.05) is 36.2 Å². The van der Waals surface area contributed by atoms with Crippen LogP contribution in [0.1, 0.15) is 13.3 Å². The average Bonchev–Trinajstić information content (AvgIpc) is 2.53. The molecule has 1 atom stereocenters. The minimum atomic E-state index is -0.180. The highest BCUT2D eigenvalue weighted by Gasteiger charge is 2.25. The Bertz CT molecular complexity index is 516. The van der Waals surface area contributed by atoms with Gasteiger partial charge in [-0.3, -0.25) is 4.90 Å². The summed E-state index contributed by atoms with van der Waals surface area (Å²) in [4.78, 5) is 16.3. The van der Waals surface area contributed by atoms with Crippen molar-refractivity contribution in [2.24, 2.45) is 0 Å². The third-order valence-electron chi connectivity index (χ3n) is 3.99. The SMILES string of the molecule is CCC(CO)N1CCN(C(=O)Nc2cccc(Cl)c2Cl)CC1. The standard InChI is InChI=1S/C15H21Cl2N3O2/c1-2-11(10-21)19-6-8-20(9-7-19)15(22)18-13-5-3-4-12(16)14(13)17/h3-5,11,21H,2,6-10H2,1H3,(H,18,22). The van der Waals surface area contributed by atoms with E-state index in [0.29, 0.717) is 28.8 Å². The molecule has 0 saturated carbocycles. The molecule has 1 aromatic carbocycles. The number of anilines is 1. The first-order chi connectivity index (χ1) is 10.6. The molecule has 22 heavy (non-hydrogen) atoms. The van der Waals surface area contributed by atoms with E-state index in [1.807, 2.05) is 0 Å². The molecule has 1 unspecified atom stereocenters. The zero-order valence-corrected chi connectivity index (χ0v) is 14.1. The molecular weight excluding hydrogens is 325 g/mol. The van der Waals surface area contributed by atoms with E-state index in [0.717, 1.165) is 19.5 Å². The summed E-state index contributed by atoms with van der Waals surface area (Å²) < 4.78 is 0. The van der Waals surface area contributed by atoms with E-state index in [1.165, 1.54) is 0 Å². The summed E-state index contributed by atoms with van der Waals surface area (Å²) in [7, 11) is 0. The van der Waals surface area contributed by atoms with Crippen molar-refractivity contribution in [1.29, 1.82) is 0 Å². The zero-order valence-electron chi connectivity index (χ0n) is 12.6. The van der Waals surface area contributed by atoms with E-state index >= 15 is 0 Å². The summed E-state index contributed by atoms with van der Waals surface area (Å²) in [6.45, 7) is 4.98. The quantitative estimate of drug-likeness (QED) is 0.881. The molecule has 0 radical (unpaired) electrons. The number of amides is 2. The van der Waals surface area contributed by atoms with Gasteiger partial charge in [0, 0.05) is 32.2 Å². The summed E-state index contributed by atoms with van der Waals surface area (Å²) in [6.07, 6.45) is 0.904. The van der Waals surface area contributed by atoms with Gasteiger partial charge < -0.3 is 15.3 Å². The number of hydrogen-bond donors (Lipinski definition) is 2. The number of carbonyl (C=O) groups excluding carboxylic acids is 1. The molecule has 122 valence electrons. The second kappa shape index (κ2) is 8.02. The van der Waals surface area contributed by atoms with Crippen LogP contribution >= 0.6 is 23.2 Å². The second-order valence-corrected chi connectivity index (χ2v) is 6.08. The number of aliphatic hydroxyl groups excluding tert-OH is 1. The van der Waals surface area contributed by atoms with Gasteiger partial charge in [0.2, 0.25) is 0 Å². The maximum atomic E-state index is 12.3. The number of piperazine rings is 1. The first kappa shape index (κ1) is 17.3. The molecule has 1 aliphatic heterocycles. The van der Waals surface area contributed by atoms with Crippen molar-refractivity contribution < 1.29 is 9.90 Å². The molecule has 2 amide bonds. The molecular formula is C15H21Cl2N3O2. The van der Waals surface area contributed by atoms with Crippen molar-refractivity contribution >= 4 is 34.9 Å². The number of urea groups is 1. The molecule has 2 rings (SSSR count). The Morgan fingerprint density at radius 1 is 1.32 bits per heavy atom. The third kappa shape index (κ3) is 4.04. The van der Waals surface area contributed by atoms with Crippen molar-refractivity contribution in [2.45, 2.75) is 19.4 Å². The summed E-state index contributed by atoms with van der Waals surface area (Å²) in [5, 5.41) is 12.9. The first-order valence-electron chi connectivity index (χ1n) is 7.41. The van der Waals surface area contributed by atoms with Gasteiger partial charge in [0.15, 0.2) is 0 Å². The summed E-state index contributed by atoms with van der Waals surface area (Å²) in [5.74, 6) is 0. The predicted molar refractivity (Wildman–Crippen MR) is 89.8 cm³/mol. The molecule has 1 fully saturated rings. The van der Waals surface area contributed by atoms with Gasteiger partial charge >= 0.3 is 6.03 Å². The number of nitrogens with zero attached hydrogens (tertiary/aromatic N) is 2. The van der Waals surface area contributed by atoms with E-state index in [4.69, 9.17) is 23.2 Å². The van der Waals surface area contributed by atoms with Crippen LogP contribution in [-0.2, 0) is 0 Å². The lowest BCUT2D eigenvalue weighted by Gasteiger charge is -2.38. The maximum Gasteiger partial charge on any atom is 0.321 e. The Labute approximate surface area is 140 Å². The Kier molecular flexibility index (Phi) is 6.32. The van der Waals surface area contributed by atoms with Gasteiger partial charge in [0.1, 0.15) is 0 Å².